The van der Waals surface area contributed by atoms with Crippen molar-refractivity contribution in [3.8, 4) is 0 Å². The SMILES string of the molecule is CSC(=N)NC(=O)NC1CC2CCC1C2. The predicted molar refractivity (Wildman–Crippen MR) is 62.1 cm³/mol. The van der Waals surface area contributed by atoms with Gasteiger partial charge in [0, 0.05) is 6.04 Å². The lowest BCUT2D eigenvalue weighted by Crippen LogP contribution is -2.45. The minimum Gasteiger partial charge on any atom is -0.335 e. The topological polar surface area (TPSA) is 65.0 Å². The largest absolute Gasteiger partial charge is 0.335 e. The van der Waals surface area contributed by atoms with E-state index < -0.39 is 0 Å². The van der Waals surface area contributed by atoms with E-state index in [1.54, 1.807) is 6.26 Å². The zero-order valence-corrected chi connectivity index (χ0v) is 9.69. The Morgan fingerprint density at radius 1 is 1.40 bits per heavy atom. The third-order valence-electron chi connectivity index (χ3n) is 3.49. The molecule has 2 amide bonds. The van der Waals surface area contributed by atoms with E-state index >= 15 is 0 Å². The van der Waals surface area contributed by atoms with Crippen LogP contribution in [-0.2, 0) is 0 Å². The van der Waals surface area contributed by atoms with E-state index in [9.17, 15) is 4.79 Å². The fourth-order valence-corrected chi connectivity index (χ4v) is 2.97. The van der Waals surface area contributed by atoms with Gasteiger partial charge in [-0.3, -0.25) is 10.7 Å². The second kappa shape index (κ2) is 4.43. The van der Waals surface area contributed by atoms with Crippen molar-refractivity contribution in [2.45, 2.75) is 31.7 Å². The highest BCUT2D eigenvalue weighted by atomic mass is 32.2. The molecule has 84 valence electrons. The van der Waals surface area contributed by atoms with Crippen LogP contribution in [0.4, 0.5) is 4.79 Å². The number of amides is 2. The first kappa shape index (κ1) is 10.8. The smallest absolute Gasteiger partial charge is 0.321 e. The molecule has 0 radical (unpaired) electrons. The average molecular weight is 227 g/mol. The van der Waals surface area contributed by atoms with Crippen molar-refractivity contribution in [2.24, 2.45) is 11.8 Å². The number of carbonyl (C=O) groups excluding carboxylic acids is 1. The highest BCUT2D eigenvalue weighted by Gasteiger charge is 2.40. The number of hydrogen-bond acceptors (Lipinski definition) is 3. The van der Waals surface area contributed by atoms with Gasteiger partial charge < -0.3 is 5.32 Å². The second-order valence-corrected chi connectivity index (χ2v) is 5.23. The molecule has 2 fully saturated rings. The molecule has 0 aromatic rings. The molecule has 0 heterocycles. The van der Waals surface area contributed by atoms with Gasteiger partial charge in [-0.2, -0.15) is 0 Å². The molecule has 5 heteroatoms. The van der Waals surface area contributed by atoms with Crippen LogP contribution in [-0.4, -0.2) is 23.5 Å². The number of amidine groups is 1. The van der Waals surface area contributed by atoms with Gasteiger partial charge in [-0.25, -0.2) is 4.79 Å². The van der Waals surface area contributed by atoms with Gasteiger partial charge in [0.15, 0.2) is 5.17 Å². The van der Waals surface area contributed by atoms with Crippen LogP contribution in [0, 0.1) is 17.2 Å². The Morgan fingerprint density at radius 2 is 2.20 bits per heavy atom. The molecule has 3 unspecified atom stereocenters. The molecule has 2 aliphatic carbocycles. The van der Waals surface area contributed by atoms with Crippen molar-refractivity contribution in [1.29, 1.82) is 5.41 Å². The molecule has 2 rings (SSSR count). The van der Waals surface area contributed by atoms with Crippen molar-refractivity contribution < 1.29 is 4.79 Å². The van der Waals surface area contributed by atoms with Crippen LogP contribution in [0.15, 0.2) is 0 Å². The number of rotatable bonds is 1. The highest BCUT2D eigenvalue weighted by Crippen LogP contribution is 2.44. The van der Waals surface area contributed by atoms with Crippen LogP contribution in [0.25, 0.3) is 0 Å². The van der Waals surface area contributed by atoms with Crippen molar-refractivity contribution in [3.63, 3.8) is 0 Å². The van der Waals surface area contributed by atoms with Crippen molar-refractivity contribution >= 4 is 23.0 Å². The number of hydrogen-bond donors (Lipinski definition) is 3. The Morgan fingerprint density at radius 3 is 2.73 bits per heavy atom. The van der Waals surface area contributed by atoms with E-state index in [0.29, 0.717) is 12.0 Å². The first-order chi connectivity index (χ1) is 7.19. The van der Waals surface area contributed by atoms with E-state index in [-0.39, 0.29) is 11.2 Å². The normalized spacial score (nSPS) is 32.7. The summed E-state index contributed by atoms with van der Waals surface area (Å²) in [4.78, 5) is 11.5. The summed E-state index contributed by atoms with van der Waals surface area (Å²) in [5.41, 5.74) is 0. The Kier molecular flexibility index (Phi) is 3.19. The molecule has 2 aliphatic rings. The average Bonchev–Trinajstić information content (AvgIpc) is 2.78. The Hall–Kier alpha value is -0.710. The van der Waals surface area contributed by atoms with Gasteiger partial charge in [0.2, 0.25) is 0 Å². The van der Waals surface area contributed by atoms with Gasteiger partial charge >= 0.3 is 6.03 Å². The Bertz CT molecular complexity index is 282. The van der Waals surface area contributed by atoms with E-state index in [0.717, 1.165) is 12.3 Å². The molecule has 0 aromatic carbocycles. The van der Waals surface area contributed by atoms with Crippen LogP contribution < -0.4 is 10.6 Å². The standard InChI is InChI=1S/C10H17N3OS/c1-15-9(11)13-10(14)12-8-5-6-2-3-7(8)4-6/h6-8H,2-5H2,1H3,(H3,11,12,13,14). The van der Waals surface area contributed by atoms with Crippen molar-refractivity contribution in [2.75, 3.05) is 6.26 Å². The molecule has 3 N–H and O–H groups in total. The number of carbonyl (C=O) groups is 1. The summed E-state index contributed by atoms with van der Waals surface area (Å²) in [6.07, 6.45) is 6.79. The second-order valence-electron chi connectivity index (χ2n) is 4.41. The molecule has 4 nitrogen and oxygen atoms in total. The molecule has 3 atom stereocenters. The first-order valence-corrected chi connectivity index (χ1v) is 6.61. The Balaban J connectivity index is 1.77. The molecule has 0 aromatic heterocycles. The first-order valence-electron chi connectivity index (χ1n) is 5.39. The number of thioether (sulfide) groups is 1. The molecule has 2 saturated carbocycles. The Labute approximate surface area is 94.1 Å². The summed E-state index contributed by atoms with van der Waals surface area (Å²) in [7, 11) is 0. The minimum atomic E-state index is -0.216. The van der Waals surface area contributed by atoms with Gasteiger partial charge in [-0.05, 0) is 37.4 Å². The maximum absolute atomic E-state index is 11.5. The highest BCUT2D eigenvalue weighted by molar-refractivity contribution is 8.13. The van der Waals surface area contributed by atoms with Crippen LogP contribution in [0.3, 0.4) is 0 Å². The van der Waals surface area contributed by atoms with E-state index in [4.69, 9.17) is 5.41 Å². The summed E-state index contributed by atoms with van der Waals surface area (Å²) in [5, 5.41) is 13.0. The summed E-state index contributed by atoms with van der Waals surface area (Å²) in [6.45, 7) is 0. The van der Waals surface area contributed by atoms with Crippen LogP contribution in [0.5, 0.6) is 0 Å². The van der Waals surface area contributed by atoms with Gasteiger partial charge in [0.25, 0.3) is 0 Å². The lowest BCUT2D eigenvalue weighted by molar-refractivity contribution is 0.235. The lowest BCUT2D eigenvalue weighted by atomic mass is 9.95. The molecule has 0 aliphatic heterocycles. The zero-order valence-electron chi connectivity index (χ0n) is 8.88. The van der Waals surface area contributed by atoms with Crippen molar-refractivity contribution in [3.05, 3.63) is 0 Å². The summed E-state index contributed by atoms with van der Waals surface area (Å²) >= 11 is 1.24. The van der Waals surface area contributed by atoms with E-state index in [1.165, 1.54) is 31.0 Å². The third-order valence-corrected chi connectivity index (χ3v) is 4.00. The number of fused-ring (bicyclic) bond motifs is 2. The molecule has 0 spiro atoms. The van der Waals surface area contributed by atoms with Gasteiger partial charge in [0.1, 0.15) is 0 Å². The predicted octanol–water partition coefficient (Wildman–Crippen LogP) is 1.77. The number of urea groups is 1. The van der Waals surface area contributed by atoms with E-state index in [2.05, 4.69) is 10.6 Å². The maximum Gasteiger partial charge on any atom is 0.321 e. The van der Waals surface area contributed by atoms with E-state index in [1.807, 2.05) is 0 Å². The van der Waals surface area contributed by atoms with Gasteiger partial charge in [0.05, 0.1) is 0 Å². The van der Waals surface area contributed by atoms with Crippen molar-refractivity contribution in [1.82, 2.24) is 10.6 Å². The number of nitrogens with one attached hydrogen (secondary N) is 3. The quantitative estimate of drug-likeness (QED) is 0.472. The molecule has 0 saturated heterocycles. The molecular formula is C10H17N3OS. The lowest BCUT2D eigenvalue weighted by Gasteiger charge is -2.22. The van der Waals surface area contributed by atoms with Gasteiger partial charge in [-0.15, -0.1) is 0 Å². The molecule has 15 heavy (non-hydrogen) atoms. The van der Waals surface area contributed by atoms with Crippen LogP contribution in [0.1, 0.15) is 25.7 Å². The third kappa shape index (κ3) is 2.45. The van der Waals surface area contributed by atoms with Gasteiger partial charge in [-0.1, -0.05) is 18.2 Å². The zero-order chi connectivity index (χ0) is 10.8. The fraction of sp³-hybridized carbons (Fsp3) is 0.800. The summed E-state index contributed by atoms with van der Waals surface area (Å²) < 4.78 is 0. The molecule has 2 bridgehead atoms. The summed E-state index contributed by atoms with van der Waals surface area (Å²) in [6, 6.07) is 0.130. The fourth-order valence-electron chi connectivity index (χ4n) is 2.78. The maximum atomic E-state index is 11.5. The minimum absolute atomic E-state index is 0.204. The van der Waals surface area contributed by atoms with Crippen LogP contribution in [0.2, 0.25) is 0 Å². The van der Waals surface area contributed by atoms with Crippen LogP contribution >= 0.6 is 11.8 Å². The summed E-state index contributed by atoms with van der Waals surface area (Å²) in [5.74, 6) is 1.52. The molecular weight excluding hydrogens is 210 g/mol. The monoisotopic (exact) mass is 227 g/mol.